The average Bonchev–Trinajstić information content (AvgIpc) is 2.16. The van der Waals surface area contributed by atoms with E-state index < -0.39 is 22.4 Å². The van der Waals surface area contributed by atoms with Crippen molar-refractivity contribution in [3.63, 3.8) is 0 Å². The van der Waals surface area contributed by atoms with Crippen molar-refractivity contribution in [3.8, 4) is 5.75 Å². The highest BCUT2D eigenvalue weighted by molar-refractivity contribution is 6.34. The molecule has 0 bridgehead atoms. The first kappa shape index (κ1) is 12.1. The van der Waals surface area contributed by atoms with E-state index >= 15 is 0 Å². The number of ketones is 1. The maximum Gasteiger partial charge on any atom is 0.379 e. The van der Waals surface area contributed by atoms with Crippen molar-refractivity contribution in [1.29, 1.82) is 0 Å². The molecule has 0 aliphatic carbocycles. The lowest BCUT2D eigenvalue weighted by molar-refractivity contribution is -0.385. The van der Waals surface area contributed by atoms with Crippen LogP contribution in [-0.2, 0) is 9.59 Å². The molecule has 0 aliphatic rings. The summed E-state index contributed by atoms with van der Waals surface area (Å²) in [5, 5.41) is 10.5. The van der Waals surface area contributed by atoms with Crippen LogP contribution >= 0.6 is 11.6 Å². The Labute approximate surface area is 94.9 Å². The Hall–Kier alpha value is -1.95. The minimum absolute atomic E-state index is 0.168. The number of hydrogen-bond acceptors (Lipinski definition) is 5. The molecule has 0 amide bonds. The fourth-order valence-corrected chi connectivity index (χ4v) is 1.16. The van der Waals surface area contributed by atoms with Crippen molar-refractivity contribution in [2.24, 2.45) is 0 Å². The molecule has 1 aromatic rings. The smallest absolute Gasteiger partial charge is 0.379 e. The van der Waals surface area contributed by atoms with Crippen LogP contribution in [0.1, 0.15) is 6.92 Å². The molecule has 0 heterocycles. The topological polar surface area (TPSA) is 86.5 Å². The monoisotopic (exact) mass is 243 g/mol. The molecule has 16 heavy (non-hydrogen) atoms. The summed E-state index contributed by atoms with van der Waals surface area (Å²) in [6, 6.07) is 3.84. The zero-order chi connectivity index (χ0) is 12.3. The van der Waals surface area contributed by atoms with E-state index in [2.05, 4.69) is 4.74 Å². The molecule has 0 fully saturated rings. The first-order valence-corrected chi connectivity index (χ1v) is 4.47. The number of carbonyl (C=O) groups is 2. The normalized spacial score (nSPS) is 9.62. The van der Waals surface area contributed by atoms with Crippen LogP contribution in [0.2, 0.25) is 5.02 Å². The summed E-state index contributed by atoms with van der Waals surface area (Å²) < 4.78 is 4.53. The van der Waals surface area contributed by atoms with Gasteiger partial charge in [0.05, 0.1) is 4.92 Å². The third-order valence-corrected chi connectivity index (χ3v) is 1.93. The molecule has 7 heteroatoms. The number of benzene rings is 1. The van der Waals surface area contributed by atoms with Gasteiger partial charge in [-0.1, -0.05) is 17.7 Å². The van der Waals surface area contributed by atoms with Crippen molar-refractivity contribution in [3.05, 3.63) is 33.3 Å². The molecule has 1 aromatic carbocycles. The SMILES string of the molecule is CC(=O)C(=O)Oc1cccc(Cl)c1[N+](=O)[O-]. The lowest BCUT2D eigenvalue weighted by Crippen LogP contribution is -2.17. The van der Waals surface area contributed by atoms with E-state index in [1.807, 2.05) is 0 Å². The third kappa shape index (κ3) is 2.54. The van der Waals surface area contributed by atoms with E-state index in [0.29, 0.717) is 0 Å². The van der Waals surface area contributed by atoms with E-state index in [1.54, 1.807) is 0 Å². The molecular weight excluding hydrogens is 238 g/mol. The van der Waals surface area contributed by atoms with Gasteiger partial charge in [-0.05, 0) is 12.1 Å². The first-order chi connectivity index (χ1) is 7.43. The molecule has 0 atom stereocenters. The molecule has 0 radical (unpaired) electrons. The number of nitrogens with zero attached hydrogens (tertiary/aromatic N) is 1. The van der Waals surface area contributed by atoms with Crippen LogP contribution in [0.5, 0.6) is 5.75 Å². The van der Waals surface area contributed by atoms with Gasteiger partial charge < -0.3 is 4.74 Å². The maximum absolute atomic E-state index is 11.0. The number of halogens is 1. The summed E-state index contributed by atoms with van der Waals surface area (Å²) in [5.74, 6) is -2.38. The van der Waals surface area contributed by atoms with E-state index in [9.17, 15) is 19.7 Å². The number of para-hydroxylation sites is 1. The Morgan fingerprint density at radius 3 is 2.56 bits per heavy atom. The van der Waals surface area contributed by atoms with Crippen molar-refractivity contribution in [1.82, 2.24) is 0 Å². The molecule has 84 valence electrons. The average molecular weight is 244 g/mol. The van der Waals surface area contributed by atoms with Gasteiger partial charge in [-0.3, -0.25) is 14.9 Å². The van der Waals surface area contributed by atoms with Crippen molar-refractivity contribution >= 4 is 29.0 Å². The van der Waals surface area contributed by atoms with Crippen molar-refractivity contribution < 1.29 is 19.2 Å². The van der Waals surface area contributed by atoms with Gasteiger partial charge in [0.25, 0.3) is 0 Å². The van der Waals surface area contributed by atoms with Gasteiger partial charge in [-0.15, -0.1) is 0 Å². The summed E-state index contributed by atoms with van der Waals surface area (Å²) >= 11 is 5.57. The predicted octanol–water partition coefficient (Wildman–Crippen LogP) is 1.74. The lowest BCUT2D eigenvalue weighted by Gasteiger charge is -2.03. The Morgan fingerprint density at radius 1 is 1.44 bits per heavy atom. The maximum atomic E-state index is 11.0. The molecule has 1 rings (SSSR count). The zero-order valence-corrected chi connectivity index (χ0v) is 8.85. The van der Waals surface area contributed by atoms with Crippen LogP contribution in [0.4, 0.5) is 5.69 Å². The zero-order valence-electron chi connectivity index (χ0n) is 8.10. The third-order valence-electron chi connectivity index (χ3n) is 1.62. The highest BCUT2D eigenvalue weighted by Gasteiger charge is 2.23. The van der Waals surface area contributed by atoms with Gasteiger partial charge in [-0.2, -0.15) is 0 Å². The van der Waals surface area contributed by atoms with Gasteiger partial charge in [0.2, 0.25) is 11.5 Å². The second kappa shape index (κ2) is 4.71. The second-order valence-corrected chi connectivity index (χ2v) is 3.20. The molecular formula is C9H6ClNO5. The van der Waals surface area contributed by atoms with Crippen LogP contribution in [0.15, 0.2) is 18.2 Å². The second-order valence-electron chi connectivity index (χ2n) is 2.79. The van der Waals surface area contributed by atoms with E-state index in [1.165, 1.54) is 18.2 Å². The van der Waals surface area contributed by atoms with Crippen LogP contribution in [0.3, 0.4) is 0 Å². The minimum atomic E-state index is -1.18. The fourth-order valence-electron chi connectivity index (χ4n) is 0.927. The summed E-state index contributed by atoms with van der Waals surface area (Å²) in [6.45, 7) is 0.999. The van der Waals surface area contributed by atoms with Crippen molar-refractivity contribution in [2.45, 2.75) is 6.92 Å². The van der Waals surface area contributed by atoms with E-state index in [0.717, 1.165) is 6.92 Å². The molecule has 0 spiro atoms. The van der Waals surface area contributed by atoms with Crippen LogP contribution in [0.25, 0.3) is 0 Å². The number of Topliss-reactive ketones (excluding diaryl/α,β-unsaturated/α-hetero) is 1. The Morgan fingerprint density at radius 2 is 2.06 bits per heavy atom. The number of esters is 1. The lowest BCUT2D eigenvalue weighted by atomic mass is 10.3. The molecule has 0 unspecified atom stereocenters. The summed E-state index contributed by atoms with van der Waals surface area (Å²) in [7, 11) is 0. The van der Waals surface area contributed by atoms with Crippen LogP contribution in [0, 0.1) is 10.1 Å². The first-order valence-electron chi connectivity index (χ1n) is 4.09. The van der Waals surface area contributed by atoms with Gasteiger partial charge in [0, 0.05) is 6.92 Å². The summed E-state index contributed by atoms with van der Waals surface area (Å²) in [6.07, 6.45) is 0. The molecule has 0 saturated carbocycles. The summed E-state index contributed by atoms with van der Waals surface area (Å²) in [4.78, 5) is 31.4. The van der Waals surface area contributed by atoms with Gasteiger partial charge in [0.1, 0.15) is 5.02 Å². The number of ether oxygens (including phenoxy) is 1. The van der Waals surface area contributed by atoms with Crippen molar-refractivity contribution in [2.75, 3.05) is 0 Å². The predicted molar refractivity (Wildman–Crippen MR) is 54.4 cm³/mol. The Bertz CT molecular complexity index is 471. The molecule has 0 aliphatic heterocycles. The number of rotatable bonds is 3. The van der Waals surface area contributed by atoms with E-state index in [4.69, 9.17) is 11.6 Å². The molecule has 0 aromatic heterocycles. The highest BCUT2D eigenvalue weighted by atomic mass is 35.5. The number of nitro benzene ring substituents is 1. The largest absolute Gasteiger partial charge is 0.413 e. The minimum Gasteiger partial charge on any atom is -0.413 e. The fraction of sp³-hybridized carbons (Fsp3) is 0.111. The molecule has 6 nitrogen and oxygen atoms in total. The quantitative estimate of drug-likeness (QED) is 0.265. The number of carbonyl (C=O) groups excluding carboxylic acids is 2. The van der Waals surface area contributed by atoms with Crippen LogP contribution < -0.4 is 4.74 Å². The molecule has 0 N–H and O–H groups in total. The van der Waals surface area contributed by atoms with E-state index in [-0.39, 0.29) is 10.8 Å². The van der Waals surface area contributed by atoms with Gasteiger partial charge >= 0.3 is 11.7 Å². The van der Waals surface area contributed by atoms with Crippen LogP contribution in [-0.4, -0.2) is 16.7 Å². The number of hydrogen-bond donors (Lipinski definition) is 0. The Balaban J connectivity index is 3.14. The summed E-state index contributed by atoms with van der Waals surface area (Å²) in [5.41, 5.74) is -0.543. The standard InChI is InChI=1S/C9H6ClNO5/c1-5(12)9(13)16-7-4-2-3-6(10)8(7)11(14)15/h2-4H,1H3. The molecule has 0 saturated heterocycles. The highest BCUT2D eigenvalue weighted by Crippen LogP contribution is 2.34. The number of nitro groups is 1. The van der Waals surface area contributed by atoms with Gasteiger partial charge in [0.15, 0.2) is 0 Å². The van der Waals surface area contributed by atoms with Gasteiger partial charge in [-0.25, -0.2) is 4.79 Å². The Kier molecular flexibility index (Phi) is 3.57.